The van der Waals surface area contributed by atoms with Gasteiger partial charge in [-0.1, -0.05) is 32.0 Å². The molecule has 4 heteroatoms. The van der Waals surface area contributed by atoms with Gasteiger partial charge in [0.05, 0.1) is 6.61 Å². The molecule has 0 fully saturated rings. The zero-order chi connectivity index (χ0) is 12.7. The van der Waals surface area contributed by atoms with Gasteiger partial charge in [0.1, 0.15) is 18.5 Å². The van der Waals surface area contributed by atoms with Crippen molar-refractivity contribution >= 4 is 0 Å². The van der Waals surface area contributed by atoms with Gasteiger partial charge in [0.25, 0.3) is 0 Å². The highest BCUT2D eigenvalue weighted by molar-refractivity contribution is 5.20. The van der Waals surface area contributed by atoms with Gasteiger partial charge in [0.2, 0.25) is 0 Å². The van der Waals surface area contributed by atoms with Crippen LogP contribution >= 0.6 is 0 Å². The van der Waals surface area contributed by atoms with Crippen molar-refractivity contribution in [2.24, 2.45) is 5.92 Å². The molecule has 17 heavy (non-hydrogen) atoms. The Hall–Kier alpha value is -1.10. The summed E-state index contributed by atoms with van der Waals surface area (Å²) in [5, 5.41) is 19.0. The maximum Gasteiger partial charge on any atom is 0.156 e. The lowest BCUT2D eigenvalue weighted by Gasteiger charge is -2.18. The number of para-hydroxylation sites is 1. The second kappa shape index (κ2) is 7.27. The summed E-state index contributed by atoms with van der Waals surface area (Å²) in [6.45, 7) is 3.90. The Morgan fingerprint density at radius 1 is 1.06 bits per heavy atom. The van der Waals surface area contributed by atoms with Crippen LogP contribution in [0.2, 0.25) is 0 Å². The topological polar surface area (TPSA) is 58.9 Å². The molecule has 0 saturated heterocycles. The van der Waals surface area contributed by atoms with Gasteiger partial charge in [-0.05, 0) is 12.1 Å². The van der Waals surface area contributed by atoms with E-state index < -0.39 is 12.4 Å². The lowest BCUT2D eigenvalue weighted by Crippen LogP contribution is -2.28. The number of benzene rings is 1. The highest BCUT2D eigenvalue weighted by atomic mass is 16.6. The predicted molar refractivity (Wildman–Crippen MR) is 64.7 cm³/mol. The van der Waals surface area contributed by atoms with Crippen LogP contribution in [0.5, 0.6) is 5.75 Å². The quantitative estimate of drug-likeness (QED) is 0.708. The fraction of sp³-hybridized carbons (Fsp3) is 0.538. The third kappa shape index (κ3) is 5.68. The number of hydrogen-bond donors (Lipinski definition) is 2. The molecule has 0 aliphatic carbocycles. The van der Waals surface area contributed by atoms with Crippen molar-refractivity contribution in [3.8, 4) is 5.75 Å². The van der Waals surface area contributed by atoms with Gasteiger partial charge in [-0.15, -0.1) is 0 Å². The maximum absolute atomic E-state index is 9.58. The van der Waals surface area contributed by atoms with Gasteiger partial charge >= 0.3 is 0 Å². The van der Waals surface area contributed by atoms with E-state index in [2.05, 4.69) is 0 Å². The van der Waals surface area contributed by atoms with Crippen molar-refractivity contribution in [1.29, 1.82) is 0 Å². The number of ether oxygens (including phenoxy) is 2. The summed E-state index contributed by atoms with van der Waals surface area (Å²) in [6, 6.07) is 9.25. The van der Waals surface area contributed by atoms with E-state index in [4.69, 9.17) is 9.47 Å². The number of aliphatic hydroxyl groups excluding tert-OH is 2. The van der Waals surface area contributed by atoms with E-state index in [0.29, 0.717) is 5.75 Å². The van der Waals surface area contributed by atoms with E-state index in [1.807, 2.05) is 44.2 Å². The van der Waals surface area contributed by atoms with Crippen LogP contribution in [-0.2, 0) is 4.74 Å². The van der Waals surface area contributed by atoms with Crippen LogP contribution in [0.3, 0.4) is 0 Å². The molecule has 0 radical (unpaired) electrons. The molecule has 1 rings (SSSR count). The zero-order valence-corrected chi connectivity index (χ0v) is 10.2. The smallest absolute Gasteiger partial charge is 0.156 e. The maximum atomic E-state index is 9.58. The average molecular weight is 240 g/mol. The largest absolute Gasteiger partial charge is 0.491 e. The first-order chi connectivity index (χ1) is 8.09. The summed E-state index contributed by atoms with van der Waals surface area (Å²) in [5.41, 5.74) is 0. The molecule has 0 bridgehead atoms. The summed E-state index contributed by atoms with van der Waals surface area (Å²) in [6.07, 6.45) is -1.59. The lowest BCUT2D eigenvalue weighted by molar-refractivity contribution is -0.147. The fourth-order valence-electron chi connectivity index (χ4n) is 1.16. The molecular weight excluding hydrogens is 220 g/mol. The first kappa shape index (κ1) is 14.0. The van der Waals surface area contributed by atoms with Gasteiger partial charge in [-0.3, -0.25) is 0 Å². The lowest BCUT2D eigenvalue weighted by atomic mass is 10.2. The third-order valence-corrected chi connectivity index (χ3v) is 2.22. The highest BCUT2D eigenvalue weighted by Crippen LogP contribution is 2.09. The number of aliphatic hydroxyl groups is 2. The molecule has 0 spiro atoms. The van der Waals surface area contributed by atoms with Crippen LogP contribution in [0.1, 0.15) is 13.8 Å². The van der Waals surface area contributed by atoms with Gasteiger partial charge < -0.3 is 19.7 Å². The van der Waals surface area contributed by atoms with Crippen molar-refractivity contribution in [3.05, 3.63) is 30.3 Å². The minimum Gasteiger partial charge on any atom is -0.491 e. The summed E-state index contributed by atoms with van der Waals surface area (Å²) in [4.78, 5) is 0. The average Bonchev–Trinajstić information content (AvgIpc) is 2.34. The van der Waals surface area contributed by atoms with E-state index >= 15 is 0 Å². The molecule has 2 unspecified atom stereocenters. The molecule has 0 aliphatic heterocycles. The van der Waals surface area contributed by atoms with E-state index in [1.54, 1.807) is 0 Å². The SMILES string of the molecule is CC(C)C(O)OCC(O)COc1ccccc1. The number of hydrogen-bond acceptors (Lipinski definition) is 4. The standard InChI is InChI=1S/C13H20O4/c1-10(2)13(15)17-9-11(14)8-16-12-6-4-3-5-7-12/h3-7,10-11,13-15H,8-9H2,1-2H3. The summed E-state index contributed by atoms with van der Waals surface area (Å²) >= 11 is 0. The Morgan fingerprint density at radius 2 is 1.71 bits per heavy atom. The molecule has 0 aliphatic rings. The Morgan fingerprint density at radius 3 is 2.29 bits per heavy atom. The van der Waals surface area contributed by atoms with Crippen molar-refractivity contribution in [2.45, 2.75) is 26.2 Å². The minimum absolute atomic E-state index is 0.0113. The first-order valence-electron chi connectivity index (χ1n) is 5.75. The molecule has 2 N–H and O–H groups in total. The monoisotopic (exact) mass is 240 g/mol. The molecule has 1 aromatic rings. The van der Waals surface area contributed by atoms with Crippen molar-refractivity contribution in [3.63, 3.8) is 0 Å². The first-order valence-corrected chi connectivity index (χ1v) is 5.75. The van der Waals surface area contributed by atoms with Crippen LogP contribution in [-0.4, -0.2) is 35.8 Å². The third-order valence-electron chi connectivity index (χ3n) is 2.22. The summed E-state index contributed by atoms with van der Waals surface area (Å²) < 4.78 is 10.4. The molecule has 0 aromatic heterocycles. The van der Waals surface area contributed by atoms with Gasteiger partial charge in [0.15, 0.2) is 6.29 Å². The molecule has 1 aromatic carbocycles. The van der Waals surface area contributed by atoms with E-state index in [9.17, 15) is 10.2 Å². The second-order valence-corrected chi connectivity index (χ2v) is 4.25. The predicted octanol–water partition coefficient (Wildman–Crippen LogP) is 1.42. The molecular formula is C13H20O4. The molecule has 0 heterocycles. The van der Waals surface area contributed by atoms with E-state index in [-0.39, 0.29) is 19.1 Å². The molecule has 4 nitrogen and oxygen atoms in total. The Labute approximate surface area is 102 Å². The Bertz CT molecular complexity index is 300. The number of rotatable bonds is 7. The van der Waals surface area contributed by atoms with Gasteiger partial charge in [0, 0.05) is 5.92 Å². The molecule has 0 saturated carbocycles. The molecule has 0 amide bonds. The zero-order valence-electron chi connectivity index (χ0n) is 10.2. The van der Waals surface area contributed by atoms with Crippen LogP contribution in [0.25, 0.3) is 0 Å². The van der Waals surface area contributed by atoms with E-state index in [0.717, 1.165) is 0 Å². The summed E-state index contributed by atoms with van der Waals surface area (Å²) in [5.74, 6) is 0.716. The minimum atomic E-state index is -0.846. The van der Waals surface area contributed by atoms with Gasteiger partial charge in [-0.2, -0.15) is 0 Å². The normalized spacial score (nSPS) is 14.6. The van der Waals surface area contributed by atoms with Crippen LogP contribution in [0, 0.1) is 5.92 Å². The van der Waals surface area contributed by atoms with E-state index in [1.165, 1.54) is 0 Å². The molecule has 96 valence electrons. The van der Waals surface area contributed by atoms with Crippen LogP contribution in [0.15, 0.2) is 30.3 Å². The highest BCUT2D eigenvalue weighted by Gasteiger charge is 2.12. The van der Waals surface area contributed by atoms with Crippen LogP contribution in [0.4, 0.5) is 0 Å². The second-order valence-electron chi connectivity index (χ2n) is 4.25. The van der Waals surface area contributed by atoms with Crippen LogP contribution < -0.4 is 4.74 Å². The van der Waals surface area contributed by atoms with Gasteiger partial charge in [-0.25, -0.2) is 0 Å². The Balaban J connectivity index is 2.19. The fourth-order valence-corrected chi connectivity index (χ4v) is 1.16. The summed E-state index contributed by atoms with van der Waals surface area (Å²) in [7, 11) is 0. The molecule has 2 atom stereocenters. The van der Waals surface area contributed by atoms with Crippen molar-refractivity contribution < 1.29 is 19.7 Å². The Kier molecular flexibility index (Phi) is 5.97. The van der Waals surface area contributed by atoms with Crippen molar-refractivity contribution in [1.82, 2.24) is 0 Å². The van der Waals surface area contributed by atoms with Crippen molar-refractivity contribution in [2.75, 3.05) is 13.2 Å².